The van der Waals surface area contributed by atoms with Gasteiger partial charge in [-0.15, -0.1) is 0 Å². The van der Waals surface area contributed by atoms with Gasteiger partial charge in [-0.1, -0.05) is 0 Å². The minimum atomic E-state index is -0.514. The van der Waals surface area contributed by atoms with E-state index in [0.29, 0.717) is 25.0 Å². The SMILES string of the molecule is CC(C)(C)OC(=O)CC(=O)C1[C@@H]2COC[C@@H]12. The summed E-state index contributed by atoms with van der Waals surface area (Å²) in [5.41, 5.74) is -0.514. The van der Waals surface area contributed by atoms with Crippen molar-refractivity contribution in [3.05, 3.63) is 0 Å². The quantitative estimate of drug-likeness (QED) is 0.535. The van der Waals surface area contributed by atoms with E-state index in [-0.39, 0.29) is 18.1 Å². The predicted molar refractivity (Wildman–Crippen MR) is 56.8 cm³/mol. The third-order valence-corrected chi connectivity index (χ3v) is 3.06. The Hall–Kier alpha value is -0.900. The number of ether oxygens (including phenoxy) is 2. The molecule has 4 heteroatoms. The van der Waals surface area contributed by atoms with Gasteiger partial charge in [0.1, 0.15) is 17.8 Å². The van der Waals surface area contributed by atoms with Crippen molar-refractivity contribution in [2.75, 3.05) is 13.2 Å². The zero-order chi connectivity index (χ0) is 11.9. The van der Waals surface area contributed by atoms with Crippen LogP contribution in [0.15, 0.2) is 0 Å². The van der Waals surface area contributed by atoms with Crippen LogP contribution in [-0.2, 0) is 19.1 Å². The van der Waals surface area contributed by atoms with Crippen LogP contribution >= 0.6 is 0 Å². The average molecular weight is 226 g/mol. The van der Waals surface area contributed by atoms with E-state index in [1.54, 1.807) is 20.8 Å². The van der Waals surface area contributed by atoms with Crippen LogP contribution < -0.4 is 0 Å². The highest BCUT2D eigenvalue weighted by Gasteiger charge is 2.57. The van der Waals surface area contributed by atoms with Crippen molar-refractivity contribution in [3.8, 4) is 0 Å². The molecule has 4 nitrogen and oxygen atoms in total. The minimum Gasteiger partial charge on any atom is -0.460 e. The van der Waals surface area contributed by atoms with Crippen LogP contribution in [0, 0.1) is 17.8 Å². The lowest BCUT2D eigenvalue weighted by Crippen LogP contribution is -2.26. The van der Waals surface area contributed by atoms with Crippen molar-refractivity contribution < 1.29 is 19.1 Å². The van der Waals surface area contributed by atoms with Crippen LogP contribution in [0.3, 0.4) is 0 Å². The molecule has 2 atom stereocenters. The number of ketones is 1. The molecule has 1 saturated heterocycles. The highest BCUT2D eigenvalue weighted by molar-refractivity contribution is 5.98. The van der Waals surface area contributed by atoms with Crippen molar-refractivity contribution >= 4 is 11.8 Å². The summed E-state index contributed by atoms with van der Waals surface area (Å²) in [5.74, 6) is 0.405. The molecule has 0 unspecified atom stereocenters. The van der Waals surface area contributed by atoms with Gasteiger partial charge in [0.25, 0.3) is 0 Å². The second kappa shape index (κ2) is 3.84. The van der Waals surface area contributed by atoms with Gasteiger partial charge in [-0.05, 0) is 32.6 Å². The maximum atomic E-state index is 11.8. The lowest BCUT2D eigenvalue weighted by molar-refractivity contribution is -0.156. The number of Topliss-reactive ketones (excluding diaryl/α,β-unsaturated/α-hetero) is 1. The van der Waals surface area contributed by atoms with Gasteiger partial charge >= 0.3 is 5.97 Å². The molecule has 1 saturated carbocycles. The molecule has 0 bridgehead atoms. The lowest BCUT2D eigenvalue weighted by atomic mass is 10.1. The number of hydrogen-bond donors (Lipinski definition) is 0. The fraction of sp³-hybridized carbons (Fsp3) is 0.833. The van der Waals surface area contributed by atoms with Crippen molar-refractivity contribution in [2.45, 2.75) is 32.8 Å². The van der Waals surface area contributed by atoms with Gasteiger partial charge in [-0.3, -0.25) is 9.59 Å². The first-order valence-electron chi connectivity index (χ1n) is 5.71. The minimum absolute atomic E-state index is 0.0209. The number of carbonyl (C=O) groups excluding carboxylic acids is 2. The number of fused-ring (bicyclic) bond motifs is 1. The molecule has 2 rings (SSSR count). The first-order chi connectivity index (χ1) is 7.38. The molecule has 0 amide bonds. The van der Waals surface area contributed by atoms with Crippen LogP contribution in [0.2, 0.25) is 0 Å². The molecule has 0 N–H and O–H groups in total. The van der Waals surface area contributed by atoms with Gasteiger partial charge in [-0.2, -0.15) is 0 Å². The predicted octanol–water partition coefficient (Wildman–Crippen LogP) is 1.18. The molecule has 0 aromatic carbocycles. The highest BCUT2D eigenvalue weighted by Crippen LogP contribution is 2.51. The molecule has 2 fully saturated rings. The van der Waals surface area contributed by atoms with Crippen molar-refractivity contribution in [3.63, 3.8) is 0 Å². The van der Waals surface area contributed by atoms with E-state index < -0.39 is 11.6 Å². The maximum absolute atomic E-state index is 11.8. The number of carbonyl (C=O) groups is 2. The Morgan fingerprint density at radius 2 is 1.81 bits per heavy atom. The monoisotopic (exact) mass is 226 g/mol. The molecule has 0 radical (unpaired) electrons. The first kappa shape index (κ1) is 11.6. The van der Waals surface area contributed by atoms with Crippen LogP contribution in [0.5, 0.6) is 0 Å². The van der Waals surface area contributed by atoms with E-state index in [4.69, 9.17) is 9.47 Å². The van der Waals surface area contributed by atoms with Gasteiger partial charge in [0, 0.05) is 5.92 Å². The number of rotatable bonds is 3. The van der Waals surface area contributed by atoms with E-state index in [1.165, 1.54) is 0 Å². The number of hydrogen-bond acceptors (Lipinski definition) is 4. The summed E-state index contributed by atoms with van der Waals surface area (Å²) in [7, 11) is 0. The zero-order valence-electron chi connectivity index (χ0n) is 9.99. The topological polar surface area (TPSA) is 52.6 Å². The normalized spacial score (nSPS) is 32.1. The molecule has 16 heavy (non-hydrogen) atoms. The van der Waals surface area contributed by atoms with Gasteiger partial charge in [0.15, 0.2) is 0 Å². The molecule has 0 aromatic heterocycles. The molecule has 1 aliphatic heterocycles. The van der Waals surface area contributed by atoms with Gasteiger partial charge in [0.05, 0.1) is 13.2 Å². The first-order valence-corrected chi connectivity index (χ1v) is 5.71. The molecule has 0 aromatic rings. The maximum Gasteiger partial charge on any atom is 0.313 e. The van der Waals surface area contributed by atoms with Gasteiger partial charge in [0.2, 0.25) is 0 Å². The molecule has 2 aliphatic rings. The zero-order valence-corrected chi connectivity index (χ0v) is 9.99. The Morgan fingerprint density at radius 1 is 1.25 bits per heavy atom. The third-order valence-electron chi connectivity index (χ3n) is 3.06. The molecule has 0 spiro atoms. The highest BCUT2D eigenvalue weighted by atomic mass is 16.6. The van der Waals surface area contributed by atoms with Crippen LogP contribution in [0.1, 0.15) is 27.2 Å². The van der Waals surface area contributed by atoms with Gasteiger partial charge < -0.3 is 9.47 Å². The summed E-state index contributed by atoms with van der Waals surface area (Å²) in [5, 5.41) is 0. The van der Waals surface area contributed by atoms with E-state index in [0.717, 1.165) is 0 Å². The van der Waals surface area contributed by atoms with Crippen LogP contribution in [-0.4, -0.2) is 30.6 Å². The summed E-state index contributed by atoms with van der Waals surface area (Å²) in [6.07, 6.45) is -0.0884. The summed E-state index contributed by atoms with van der Waals surface area (Å²) < 4.78 is 10.3. The summed E-state index contributed by atoms with van der Waals surface area (Å²) in [6.45, 7) is 6.75. The number of esters is 1. The molecule has 1 heterocycles. The standard InChI is InChI=1S/C12H18O4/c1-12(2,3)16-10(14)4-9(13)11-7-5-15-6-8(7)11/h7-8,11H,4-6H2,1-3H3/t7-,8-/m1/s1. The van der Waals surface area contributed by atoms with E-state index in [9.17, 15) is 9.59 Å². The van der Waals surface area contributed by atoms with Crippen molar-refractivity contribution in [2.24, 2.45) is 17.8 Å². The summed E-state index contributed by atoms with van der Waals surface area (Å²) in [4.78, 5) is 23.2. The molecular formula is C12H18O4. The van der Waals surface area contributed by atoms with Crippen molar-refractivity contribution in [1.29, 1.82) is 0 Å². The Bertz CT molecular complexity index is 305. The summed E-state index contributed by atoms with van der Waals surface area (Å²) >= 11 is 0. The molecular weight excluding hydrogens is 208 g/mol. The van der Waals surface area contributed by atoms with E-state index >= 15 is 0 Å². The average Bonchev–Trinajstić information content (AvgIpc) is 2.58. The second-order valence-electron chi connectivity index (χ2n) is 5.62. The lowest BCUT2D eigenvalue weighted by Gasteiger charge is -2.19. The van der Waals surface area contributed by atoms with Gasteiger partial charge in [-0.25, -0.2) is 0 Å². The Balaban J connectivity index is 1.78. The van der Waals surface area contributed by atoms with Crippen LogP contribution in [0.25, 0.3) is 0 Å². The fourth-order valence-corrected chi connectivity index (χ4v) is 2.35. The third kappa shape index (κ3) is 2.43. The van der Waals surface area contributed by atoms with Crippen molar-refractivity contribution in [1.82, 2.24) is 0 Å². The fourth-order valence-electron chi connectivity index (χ4n) is 2.35. The van der Waals surface area contributed by atoms with Crippen LogP contribution in [0.4, 0.5) is 0 Å². The van der Waals surface area contributed by atoms with E-state index in [2.05, 4.69) is 0 Å². The second-order valence-corrected chi connectivity index (χ2v) is 5.62. The molecule has 90 valence electrons. The summed E-state index contributed by atoms with van der Waals surface area (Å²) in [6, 6.07) is 0. The van der Waals surface area contributed by atoms with E-state index in [1.807, 2.05) is 0 Å². The Labute approximate surface area is 95.3 Å². The largest absolute Gasteiger partial charge is 0.460 e. The Morgan fingerprint density at radius 3 is 2.31 bits per heavy atom. The Kier molecular flexibility index (Phi) is 2.78. The molecule has 1 aliphatic carbocycles. The smallest absolute Gasteiger partial charge is 0.313 e.